The smallest absolute Gasteiger partial charge is 0.115 e. The SMILES string of the molecule is Oc1ccc(C2CC(F)CCN2)cc1. The summed E-state index contributed by atoms with van der Waals surface area (Å²) in [6, 6.07) is 7.05. The van der Waals surface area contributed by atoms with Gasteiger partial charge in [0.2, 0.25) is 0 Å². The minimum atomic E-state index is -0.699. The maximum atomic E-state index is 13.1. The van der Waals surface area contributed by atoms with Crippen molar-refractivity contribution in [3.05, 3.63) is 29.8 Å². The van der Waals surface area contributed by atoms with E-state index in [0.29, 0.717) is 12.8 Å². The van der Waals surface area contributed by atoms with Crippen LogP contribution < -0.4 is 5.32 Å². The van der Waals surface area contributed by atoms with Gasteiger partial charge in [0.25, 0.3) is 0 Å². The highest BCUT2D eigenvalue weighted by molar-refractivity contribution is 5.28. The van der Waals surface area contributed by atoms with Gasteiger partial charge in [-0.2, -0.15) is 0 Å². The lowest BCUT2D eigenvalue weighted by molar-refractivity contribution is 0.224. The molecule has 1 aliphatic rings. The normalized spacial score (nSPS) is 27.5. The molecule has 0 bridgehead atoms. The zero-order valence-corrected chi connectivity index (χ0v) is 7.91. The summed E-state index contributed by atoms with van der Waals surface area (Å²) in [7, 11) is 0. The van der Waals surface area contributed by atoms with Gasteiger partial charge in [-0.1, -0.05) is 12.1 Å². The molecule has 0 aromatic heterocycles. The summed E-state index contributed by atoms with van der Waals surface area (Å²) in [5.41, 5.74) is 1.05. The van der Waals surface area contributed by atoms with Gasteiger partial charge < -0.3 is 10.4 Å². The maximum Gasteiger partial charge on any atom is 0.115 e. The molecular weight excluding hydrogens is 181 g/mol. The number of phenolic OH excluding ortho intramolecular Hbond substituents is 1. The molecule has 2 N–H and O–H groups in total. The van der Waals surface area contributed by atoms with E-state index in [2.05, 4.69) is 5.32 Å². The second-order valence-corrected chi connectivity index (χ2v) is 3.72. The van der Waals surface area contributed by atoms with E-state index in [0.717, 1.165) is 12.1 Å². The Kier molecular flexibility index (Phi) is 2.68. The molecule has 2 unspecified atom stereocenters. The number of piperidine rings is 1. The summed E-state index contributed by atoms with van der Waals surface area (Å²) in [4.78, 5) is 0. The molecule has 1 fully saturated rings. The van der Waals surface area contributed by atoms with E-state index in [1.165, 1.54) is 0 Å². The van der Waals surface area contributed by atoms with Crippen LogP contribution in [-0.4, -0.2) is 17.8 Å². The van der Waals surface area contributed by atoms with Crippen LogP contribution >= 0.6 is 0 Å². The lowest BCUT2D eigenvalue weighted by Crippen LogP contribution is -2.32. The van der Waals surface area contributed by atoms with Gasteiger partial charge >= 0.3 is 0 Å². The van der Waals surface area contributed by atoms with Crippen molar-refractivity contribution in [2.75, 3.05) is 6.54 Å². The van der Waals surface area contributed by atoms with Crippen LogP contribution in [0.3, 0.4) is 0 Å². The Morgan fingerprint density at radius 2 is 2.00 bits per heavy atom. The van der Waals surface area contributed by atoms with E-state index in [4.69, 9.17) is 5.11 Å². The summed E-state index contributed by atoms with van der Waals surface area (Å²) >= 11 is 0. The third-order valence-electron chi connectivity index (χ3n) is 2.64. The number of hydrogen-bond donors (Lipinski definition) is 2. The maximum absolute atomic E-state index is 13.1. The molecule has 1 heterocycles. The molecule has 2 rings (SSSR count). The molecule has 0 spiro atoms. The van der Waals surface area contributed by atoms with E-state index >= 15 is 0 Å². The van der Waals surface area contributed by atoms with Crippen LogP contribution in [0, 0.1) is 0 Å². The molecule has 1 aliphatic heterocycles. The van der Waals surface area contributed by atoms with Crippen molar-refractivity contribution in [2.45, 2.75) is 25.1 Å². The largest absolute Gasteiger partial charge is 0.508 e. The van der Waals surface area contributed by atoms with Gasteiger partial charge in [0.1, 0.15) is 11.9 Å². The van der Waals surface area contributed by atoms with Crippen LogP contribution in [0.25, 0.3) is 0 Å². The molecule has 2 atom stereocenters. The Hall–Kier alpha value is -1.09. The van der Waals surface area contributed by atoms with Crippen LogP contribution in [0.4, 0.5) is 4.39 Å². The molecule has 0 radical (unpaired) electrons. The van der Waals surface area contributed by atoms with Gasteiger partial charge in [0.15, 0.2) is 0 Å². The van der Waals surface area contributed by atoms with E-state index in [1.807, 2.05) is 12.1 Å². The lowest BCUT2D eigenvalue weighted by Gasteiger charge is -2.26. The van der Waals surface area contributed by atoms with Crippen molar-refractivity contribution in [1.29, 1.82) is 0 Å². The molecule has 1 aromatic carbocycles. The first-order valence-corrected chi connectivity index (χ1v) is 4.92. The molecule has 1 saturated heterocycles. The number of hydrogen-bond acceptors (Lipinski definition) is 2. The molecular formula is C11H14FNO. The topological polar surface area (TPSA) is 32.3 Å². The van der Waals surface area contributed by atoms with E-state index in [1.54, 1.807) is 12.1 Å². The molecule has 0 amide bonds. The quantitative estimate of drug-likeness (QED) is 0.719. The van der Waals surface area contributed by atoms with Crippen molar-refractivity contribution in [3.63, 3.8) is 0 Å². The van der Waals surface area contributed by atoms with Crippen LogP contribution in [0.5, 0.6) is 5.75 Å². The third-order valence-corrected chi connectivity index (χ3v) is 2.64. The van der Waals surface area contributed by atoms with Gasteiger partial charge in [0.05, 0.1) is 0 Å². The first-order valence-electron chi connectivity index (χ1n) is 4.92. The predicted octanol–water partition coefficient (Wildman–Crippen LogP) is 2.15. The Bertz CT molecular complexity index is 299. The number of nitrogens with one attached hydrogen (secondary N) is 1. The Morgan fingerprint density at radius 1 is 1.29 bits per heavy atom. The summed E-state index contributed by atoms with van der Waals surface area (Å²) in [6.07, 6.45) is 0.439. The molecule has 2 nitrogen and oxygen atoms in total. The van der Waals surface area contributed by atoms with Crippen LogP contribution in [0.2, 0.25) is 0 Å². The Labute approximate surface area is 82.8 Å². The second kappa shape index (κ2) is 3.96. The zero-order valence-electron chi connectivity index (χ0n) is 7.91. The van der Waals surface area contributed by atoms with Gasteiger partial charge in [0, 0.05) is 6.04 Å². The number of aromatic hydroxyl groups is 1. The number of benzene rings is 1. The van der Waals surface area contributed by atoms with Gasteiger partial charge in [-0.25, -0.2) is 4.39 Å². The highest BCUT2D eigenvalue weighted by Crippen LogP contribution is 2.25. The van der Waals surface area contributed by atoms with Crippen molar-refractivity contribution in [1.82, 2.24) is 5.32 Å². The van der Waals surface area contributed by atoms with E-state index in [-0.39, 0.29) is 11.8 Å². The first kappa shape index (κ1) is 9.46. The standard InChI is InChI=1S/C11H14FNO/c12-9-5-6-13-11(7-9)8-1-3-10(14)4-2-8/h1-4,9,11,13-14H,5-7H2. The number of rotatable bonds is 1. The van der Waals surface area contributed by atoms with Crippen LogP contribution in [-0.2, 0) is 0 Å². The van der Waals surface area contributed by atoms with Crippen molar-refractivity contribution < 1.29 is 9.50 Å². The van der Waals surface area contributed by atoms with Crippen molar-refractivity contribution in [2.24, 2.45) is 0 Å². The lowest BCUT2D eigenvalue weighted by atomic mass is 9.96. The summed E-state index contributed by atoms with van der Waals surface area (Å²) in [5.74, 6) is 0.251. The Balaban J connectivity index is 2.10. The van der Waals surface area contributed by atoms with E-state index in [9.17, 15) is 4.39 Å². The predicted molar refractivity (Wildman–Crippen MR) is 53.0 cm³/mol. The van der Waals surface area contributed by atoms with Gasteiger partial charge in [-0.05, 0) is 37.1 Å². The minimum absolute atomic E-state index is 0.0966. The zero-order chi connectivity index (χ0) is 9.97. The second-order valence-electron chi connectivity index (χ2n) is 3.72. The van der Waals surface area contributed by atoms with Crippen molar-refractivity contribution in [3.8, 4) is 5.75 Å². The van der Waals surface area contributed by atoms with Gasteiger partial charge in [-0.15, -0.1) is 0 Å². The monoisotopic (exact) mass is 195 g/mol. The van der Waals surface area contributed by atoms with Crippen LogP contribution in [0.1, 0.15) is 24.4 Å². The highest BCUT2D eigenvalue weighted by Gasteiger charge is 2.21. The fourth-order valence-corrected chi connectivity index (χ4v) is 1.83. The highest BCUT2D eigenvalue weighted by atomic mass is 19.1. The summed E-state index contributed by atoms with van der Waals surface area (Å²) < 4.78 is 13.1. The van der Waals surface area contributed by atoms with Crippen molar-refractivity contribution >= 4 is 0 Å². The molecule has 0 saturated carbocycles. The number of phenols is 1. The summed E-state index contributed by atoms with van der Waals surface area (Å²) in [5, 5.41) is 12.4. The molecule has 14 heavy (non-hydrogen) atoms. The number of halogens is 1. The molecule has 0 aliphatic carbocycles. The average molecular weight is 195 g/mol. The molecule has 76 valence electrons. The van der Waals surface area contributed by atoms with Crippen LogP contribution in [0.15, 0.2) is 24.3 Å². The Morgan fingerprint density at radius 3 is 2.64 bits per heavy atom. The first-order chi connectivity index (χ1) is 6.75. The minimum Gasteiger partial charge on any atom is -0.508 e. The van der Waals surface area contributed by atoms with E-state index < -0.39 is 6.17 Å². The fraction of sp³-hybridized carbons (Fsp3) is 0.455. The van der Waals surface area contributed by atoms with Gasteiger partial charge in [-0.3, -0.25) is 0 Å². The molecule has 3 heteroatoms. The molecule has 1 aromatic rings. The average Bonchev–Trinajstić information content (AvgIpc) is 2.19. The third kappa shape index (κ3) is 2.04. The fourth-order valence-electron chi connectivity index (χ4n) is 1.83. The number of alkyl halides is 1. The summed E-state index contributed by atoms with van der Waals surface area (Å²) in [6.45, 7) is 0.729.